The van der Waals surface area contributed by atoms with Crippen molar-refractivity contribution < 1.29 is 9.59 Å². The summed E-state index contributed by atoms with van der Waals surface area (Å²) in [5.41, 5.74) is 1.60. The molecular weight excluding hydrogens is 400 g/mol. The Morgan fingerprint density at radius 2 is 1.83 bits per heavy atom. The second-order valence-electron chi connectivity index (χ2n) is 7.30. The number of carbonyl (C=O) groups is 2. The molecule has 4 nitrogen and oxygen atoms in total. The third-order valence-corrected chi connectivity index (χ3v) is 6.85. The molecule has 4 rings (SSSR count). The number of thiophene rings is 2. The molecule has 3 aromatic rings. The van der Waals surface area contributed by atoms with Crippen LogP contribution >= 0.6 is 22.7 Å². The molecule has 0 radical (unpaired) electrons. The van der Waals surface area contributed by atoms with E-state index in [-0.39, 0.29) is 24.3 Å². The van der Waals surface area contributed by atoms with E-state index in [2.05, 4.69) is 5.32 Å². The van der Waals surface area contributed by atoms with Gasteiger partial charge in [-0.1, -0.05) is 37.1 Å². The molecule has 1 fully saturated rings. The van der Waals surface area contributed by atoms with Crippen LogP contribution in [0.2, 0.25) is 0 Å². The van der Waals surface area contributed by atoms with E-state index in [0.717, 1.165) is 41.8 Å². The maximum atomic E-state index is 13.4. The van der Waals surface area contributed by atoms with Crippen molar-refractivity contribution in [3.63, 3.8) is 0 Å². The van der Waals surface area contributed by atoms with Crippen molar-refractivity contribution in [3.05, 3.63) is 75.1 Å². The highest BCUT2D eigenvalue weighted by Crippen LogP contribution is 2.31. The third-order valence-electron chi connectivity index (χ3n) is 5.28. The van der Waals surface area contributed by atoms with E-state index in [0.29, 0.717) is 0 Å². The highest BCUT2D eigenvalue weighted by atomic mass is 32.1. The van der Waals surface area contributed by atoms with Gasteiger partial charge in [0.2, 0.25) is 11.8 Å². The maximum Gasteiger partial charge on any atom is 0.248 e. The third kappa shape index (κ3) is 4.77. The van der Waals surface area contributed by atoms with Crippen molar-refractivity contribution in [3.8, 4) is 0 Å². The van der Waals surface area contributed by atoms with Crippen LogP contribution in [0.15, 0.2) is 64.7 Å². The van der Waals surface area contributed by atoms with E-state index in [1.165, 1.54) is 0 Å². The van der Waals surface area contributed by atoms with Crippen LogP contribution in [0.5, 0.6) is 0 Å². The Balaban J connectivity index is 1.69. The lowest BCUT2D eigenvalue weighted by atomic mass is 10.0. The number of carbonyl (C=O) groups excluding carboxylic acids is 2. The first kappa shape index (κ1) is 19.9. The number of para-hydroxylation sites is 1. The number of nitrogens with zero attached hydrogens (tertiary/aromatic N) is 1. The first-order valence-corrected chi connectivity index (χ1v) is 11.8. The van der Waals surface area contributed by atoms with Crippen LogP contribution in [0.4, 0.5) is 5.69 Å². The molecule has 1 aromatic carbocycles. The zero-order valence-corrected chi connectivity index (χ0v) is 17.8. The fourth-order valence-electron chi connectivity index (χ4n) is 3.87. The fraction of sp³-hybridized carbons (Fsp3) is 0.304. The van der Waals surface area contributed by atoms with Crippen LogP contribution < -0.4 is 10.2 Å². The molecule has 150 valence electrons. The Hall–Kier alpha value is -2.44. The summed E-state index contributed by atoms with van der Waals surface area (Å²) in [6.45, 7) is 0. The van der Waals surface area contributed by atoms with Crippen molar-refractivity contribution in [2.45, 2.75) is 44.2 Å². The predicted molar refractivity (Wildman–Crippen MR) is 119 cm³/mol. The van der Waals surface area contributed by atoms with Crippen LogP contribution in [0.1, 0.15) is 42.2 Å². The molecule has 0 saturated heterocycles. The summed E-state index contributed by atoms with van der Waals surface area (Å²) in [5.74, 6) is -0.171. The monoisotopic (exact) mass is 424 g/mol. The zero-order chi connectivity index (χ0) is 20.1. The number of anilines is 1. The van der Waals surface area contributed by atoms with Gasteiger partial charge in [0.25, 0.3) is 0 Å². The topological polar surface area (TPSA) is 49.4 Å². The normalized spacial score (nSPS) is 15.2. The largest absolute Gasteiger partial charge is 0.351 e. The Morgan fingerprint density at radius 3 is 2.48 bits per heavy atom. The number of nitrogens with one attached hydrogen (secondary N) is 1. The Kier molecular flexibility index (Phi) is 6.42. The maximum absolute atomic E-state index is 13.4. The van der Waals surface area contributed by atoms with Gasteiger partial charge in [0.15, 0.2) is 0 Å². The molecule has 6 heteroatoms. The Labute approximate surface area is 179 Å². The van der Waals surface area contributed by atoms with Gasteiger partial charge in [0, 0.05) is 16.6 Å². The molecule has 0 aliphatic heterocycles. The van der Waals surface area contributed by atoms with Gasteiger partial charge in [-0.15, -0.1) is 11.3 Å². The first-order valence-electron chi connectivity index (χ1n) is 9.94. The van der Waals surface area contributed by atoms with Gasteiger partial charge in [-0.3, -0.25) is 14.5 Å². The van der Waals surface area contributed by atoms with E-state index in [9.17, 15) is 9.59 Å². The standard InChI is InChI=1S/C23H24N2O2S2/c26-21(15-20-11-6-13-29-20)25(19-9-2-1-3-10-19)22(17-12-14-28-16-17)23(27)24-18-7-4-5-8-18/h1-3,6,9-14,16,18,22H,4-5,7-8,15H2,(H,24,27)/t22-/m1/s1. The predicted octanol–water partition coefficient (Wildman–Crippen LogP) is 5.19. The summed E-state index contributed by atoms with van der Waals surface area (Å²) in [6.07, 6.45) is 4.60. The molecule has 1 atom stereocenters. The van der Waals surface area contributed by atoms with Crippen LogP contribution in [-0.4, -0.2) is 17.9 Å². The summed E-state index contributed by atoms with van der Waals surface area (Å²) >= 11 is 3.10. The molecule has 0 unspecified atom stereocenters. The molecule has 0 spiro atoms. The summed E-state index contributed by atoms with van der Waals surface area (Å²) < 4.78 is 0. The minimum absolute atomic E-state index is 0.0728. The fourth-order valence-corrected chi connectivity index (χ4v) is 5.25. The second-order valence-corrected chi connectivity index (χ2v) is 9.12. The lowest BCUT2D eigenvalue weighted by molar-refractivity contribution is -0.126. The SMILES string of the molecule is O=C(NC1CCCC1)[C@@H](c1ccsc1)N(C(=O)Cc1cccs1)c1ccccc1. The molecule has 1 aliphatic rings. The van der Waals surface area contributed by atoms with Gasteiger partial charge >= 0.3 is 0 Å². The average Bonchev–Trinajstić information content (AvgIpc) is 3.50. The Bertz CT molecular complexity index is 917. The second kappa shape index (κ2) is 9.37. The zero-order valence-electron chi connectivity index (χ0n) is 16.1. The minimum atomic E-state index is -0.670. The van der Waals surface area contributed by atoms with Gasteiger partial charge in [0.05, 0.1) is 6.42 Å². The highest BCUT2D eigenvalue weighted by molar-refractivity contribution is 7.10. The molecule has 1 saturated carbocycles. The van der Waals surface area contributed by atoms with Gasteiger partial charge in [-0.2, -0.15) is 11.3 Å². The van der Waals surface area contributed by atoms with Gasteiger partial charge in [-0.05, 0) is 58.8 Å². The molecule has 2 heterocycles. The lowest BCUT2D eigenvalue weighted by Gasteiger charge is -2.31. The molecule has 2 amide bonds. The number of benzene rings is 1. The molecule has 1 N–H and O–H groups in total. The Morgan fingerprint density at radius 1 is 1.03 bits per heavy atom. The van der Waals surface area contributed by atoms with Crippen LogP contribution in [-0.2, 0) is 16.0 Å². The summed E-state index contributed by atoms with van der Waals surface area (Å²) in [5, 5.41) is 9.10. The summed E-state index contributed by atoms with van der Waals surface area (Å²) in [7, 11) is 0. The quantitative estimate of drug-likeness (QED) is 0.568. The molecule has 1 aliphatic carbocycles. The van der Waals surface area contributed by atoms with Crippen LogP contribution in [0, 0.1) is 0 Å². The average molecular weight is 425 g/mol. The molecule has 2 aromatic heterocycles. The van der Waals surface area contributed by atoms with Gasteiger partial charge in [0.1, 0.15) is 6.04 Å². The number of rotatable bonds is 7. The van der Waals surface area contributed by atoms with E-state index >= 15 is 0 Å². The smallest absolute Gasteiger partial charge is 0.248 e. The minimum Gasteiger partial charge on any atom is -0.351 e. The van der Waals surface area contributed by atoms with Crippen molar-refractivity contribution in [1.82, 2.24) is 5.32 Å². The number of amides is 2. The van der Waals surface area contributed by atoms with Crippen molar-refractivity contribution in [2.24, 2.45) is 0 Å². The van der Waals surface area contributed by atoms with Crippen molar-refractivity contribution >= 4 is 40.2 Å². The van der Waals surface area contributed by atoms with E-state index < -0.39 is 6.04 Å². The summed E-state index contributed by atoms with van der Waals surface area (Å²) in [4.78, 5) is 29.5. The molecule has 29 heavy (non-hydrogen) atoms. The number of hydrogen-bond acceptors (Lipinski definition) is 4. The van der Waals surface area contributed by atoms with E-state index in [4.69, 9.17) is 0 Å². The first-order chi connectivity index (χ1) is 14.2. The van der Waals surface area contributed by atoms with Crippen LogP contribution in [0.25, 0.3) is 0 Å². The summed E-state index contributed by atoms with van der Waals surface area (Å²) in [6, 6.07) is 14.9. The van der Waals surface area contributed by atoms with Crippen molar-refractivity contribution in [1.29, 1.82) is 0 Å². The highest BCUT2D eigenvalue weighted by Gasteiger charge is 2.34. The van der Waals surface area contributed by atoms with Crippen molar-refractivity contribution in [2.75, 3.05) is 4.90 Å². The lowest BCUT2D eigenvalue weighted by Crippen LogP contribution is -2.46. The van der Waals surface area contributed by atoms with E-state index in [1.807, 2.05) is 64.7 Å². The van der Waals surface area contributed by atoms with Gasteiger partial charge < -0.3 is 5.32 Å². The molecule has 0 bridgehead atoms. The van der Waals surface area contributed by atoms with Crippen LogP contribution in [0.3, 0.4) is 0 Å². The number of hydrogen-bond donors (Lipinski definition) is 1. The van der Waals surface area contributed by atoms with E-state index in [1.54, 1.807) is 27.6 Å². The molecular formula is C23H24N2O2S2. The van der Waals surface area contributed by atoms with Gasteiger partial charge in [-0.25, -0.2) is 0 Å².